The van der Waals surface area contributed by atoms with Crippen molar-refractivity contribution in [2.45, 2.75) is 102 Å². The summed E-state index contributed by atoms with van der Waals surface area (Å²) in [4.78, 5) is 3.51. The van der Waals surface area contributed by atoms with Crippen LogP contribution in [0.3, 0.4) is 0 Å². The summed E-state index contributed by atoms with van der Waals surface area (Å²) in [7, 11) is -4.06. The summed E-state index contributed by atoms with van der Waals surface area (Å²) in [5.74, 6) is -0.260. The number of allylic oxidation sites excluding steroid dienone is 7. The van der Waals surface area contributed by atoms with Crippen molar-refractivity contribution in [3.8, 4) is 5.69 Å². The van der Waals surface area contributed by atoms with Crippen molar-refractivity contribution < 1.29 is 17.5 Å². The second-order valence-corrected chi connectivity index (χ2v) is 23.3. The van der Waals surface area contributed by atoms with Gasteiger partial charge in [0.1, 0.15) is 6.54 Å². The van der Waals surface area contributed by atoms with Gasteiger partial charge in [-0.15, -0.1) is 5.10 Å². The van der Waals surface area contributed by atoms with Crippen LogP contribution in [0.4, 0.5) is 11.4 Å². The van der Waals surface area contributed by atoms with E-state index in [4.69, 9.17) is 0 Å². The first-order valence-electron chi connectivity index (χ1n) is 23.3. The normalized spacial score (nSPS) is 18.1. The van der Waals surface area contributed by atoms with Crippen LogP contribution in [0.1, 0.15) is 97.1 Å². The molecule has 0 atom stereocenters. The minimum atomic E-state index is -4.06. The fraction of sp³-hybridized carbons (Fsp3) is 0.333. The summed E-state index contributed by atoms with van der Waals surface area (Å²) in [6.07, 6.45) is 16.5. The van der Waals surface area contributed by atoms with Crippen molar-refractivity contribution in [2.75, 3.05) is 23.7 Å². The van der Waals surface area contributed by atoms with Crippen LogP contribution in [-0.4, -0.2) is 62.3 Å². The zero-order chi connectivity index (χ0) is 47.1. The maximum absolute atomic E-state index is 11.7. The number of rotatable bonds is 15. The van der Waals surface area contributed by atoms with E-state index in [9.17, 15) is 13.0 Å². The Hall–Kier alpha value is -4.66. The average molecular weight is 1060 g/mol. The molecule has 9 nitrogen and oxygen atoms in total. The van der Waals surface area contributed by atoms with Gasteiger partial charge in [0.15, 0.2) is 5.71 Å². The molecule has 3 heterocycles. The third kappa shape index (κ3) is 9.56. The first-order chi connectivity index (χ1) is 32.2. The maximum atomic E-state index is 11.7. The number of unbranched alkanes of at least 4 members (excludes halogenated alkanes) is 3. The first kappa shape index (κ1) is 47.4. The van der Waals surface area contributed by atoms with E-state index >= 15 is 0 Å². The molecule has 2 aliphatic heterocycles. The van der Waals surface area contributed by atoms with E-state index in [0.717, 1.165) is 75.0 Å². The lowest BCUT2D eigenvalue weighted by Crippen LogP contribution is -2.28. The van der Waals surface area contributed by atoms with E-state index in [0.29, 0.717) is 24.5 Å². The van der Waals surface area contributed by atoms with Crippen molar-refractivity contribution in [2.24, 2.45) is 0 Å². The third-order valence-corrected chi connectivity index (χ3v) is 16.6. The Morgan fingerprint density at radius 3 is 2.24 bits per heavy atom. The van der Waals surface area contributed by atoms with Crippen LogP contribution < -0.4 is 4.90 Å². The minimum absolute atomic E-state index is 0.247. The number of thioether (sulfide) groups is 1. The molecule has 3 aliphatic rings. The van der Waals surface area contributed by atoms with Gasteiger partial charge in [0.2, 0.25) is 10.8 Å². The molecular formula is C54H57Br2N6O3S2+. The van der Waals surface area contributed by atoms with Crippen LogP contribution >= 0.6 is 43.6 Å². The average Bonchev–Trinajstić information content (AvgIpc) is 3.92. The van der Waals surface area contributed by atoms with Crippen molar-refractivity contribution in [3.63, 3.8) is 0 Å². The molecule has 6 aromatic rings. The smallest absolute Gasteiger partial charge is 0.264 e. The van der Waals surface area contributed by atoms with Gasteiger partial charge in [-0.3, -0.25) is 4.55 Å². The lowest BCUT2D eigenvalue weighted by atomic mass is 9.78. The van der Waals surface area contributed by atoms with Gasteiger partial charge in [0.05, 0.1) is 16.9 Å². The Bertz CT molecular complexity index is 3170. The van der Waals surface area contributed by atoms with Gasteiger partial charge in [0.25, 0.3) is 10.1 Å². The van der Waals surface area contributed by atoms with Gasteiger partial charge in [-0.05, 0) is 167 Å². The van der Waals surface area contributed by atoms with Crippen LogP contribution in [0, 0.1) is 0 Å². The highest BCUT2D eigenvalue weighted by atomic mass is 79.9. The van der Waals surface area contributed by atoms with Crippen LogP contribution in [0.5, 0.6) is 0 Å². The second-order valence-electron chi connectivity index (χ2n) is 18.9. The molecule has 0 saturated carbocycles. The number of nitrogens with zero attached hydrogens (tertiary/aromatic N) is 6. The maximum Gasteiger partial charge on any atom is 0.264 e. The molecular weight excluding hydrogens is 1000 g/mol. The fourth-order valence-electron chi connectivity index (χ4n) is 10.5. The number of tetrazole rings is 1. The first-order valence-corrected chi connectivity index (χ1v) is 27.3. The Morgan fingerprint density at radius 1 is 0.806 bits per heavy atom. The minimum Gasteiger partial charge on any atom is -0.344 e. The molecule has 0 bridgehead atoms. The fourth-order valence-corrected chi connectivity index (χ4v) is 12.9. The largest absolute Gasteiger partial charge is 0.344 e. The van der Waals surface area contributed by atoms with Gasteiger partial charge in [-0.1, -0.05) is 108 Å². The molecule has 0 unspecified atom stereocenters. The molecule has 1 N–H and O–H groups in total. The third-order valence-electron chi connectivity index (χ3n) is 13.6. The standard InChI is InChI=1S/C54H56Br2N6O3S2/c1-6-7-11-31-60-45-27-19-38-34-40(55)23-25-43(38)49(45)53(2,3)47(60)29-21-36-15-14-16-37(51(36)66-52-57-58-59-62(52)42-17-9-8-10-18-42)22-30-48-54(4,5)50-44-26-24-41(56)35-39(44)20-28-46(50)61(48)32-12-13-33-67(63,64)65/h8-10,17-30,34-35H,6-7,11-16,31-33H2,1-5H3/p+1. The summed E-state index contributed by atoms with van der Waals surface area (Å²) < 4.78 is 39.5. The zero-order valence-corrected chi connectivity index (χ0v) is 43.6. The molecule has 0 spiro atoms. The lowest BCUT2D eigenvalue weighted by Gasteiger charge is -2.27. The van der Waals surface area contributed by atoms with Gasteiger partial charge >= 0.3 is 0 Å². The van der Waals surface area contributed by atoms with Crippen LogP contribution in [0.15, 0.2) is 151 Å². The topological polar surface area (TPSA) is 104 Å². The van der Waals surface area contributed by atoms with E-state index < -0.39 is 10.1 Å². The zero-order valence-electron chi connectivity index (χ0n) is 38.8. The van der Waals surface area contributed by atoms with E-state index in [-0.39, 0.29) is 16.6 Å². The number of anilines is 1. The van der Waals surface area contributed by atoms with E-state index in [1.165, 1.54) is 56.3 Å². The summed E-state index contributed by atoms with van der Waals surface area (Å²) in [6.45, 7) is 13.2. The number of aromatic nitrogens is 4. The number of fused-ring (bicyclic) bond motifs is 6. The highest BCUT2D eigenvalue weighted by molar-refractivity contribution is 9.10. The van der Waals surface area contributed by atoms with E-state index in [2.05, 4.69) is 176 Å². The van der Waals surface area contributed by atoms with Crippen LogP contribution in [0.25, 0.3) is 27.2 Å². The van der Waals surface area contributed by atoms with Crippen molar-refractivity contribution in [1.82, 2.24) is 20.2 Å². The quantitative estimate of drug-likeness (QED) is 0.0616. The van der Waals surface area contributed by atoms with E-state index in [1.54, 1.807) is 11.8 Å². The predicted molar refractivity (Wildman–Crippen MR) is 283 cm³/mol. The van der Waals surface area contributed by atoms with Gasteiger partial charge in [-0.25, -0.2) is 0 Å². The monoisotopic (exact) mass is 1060 g/mol. The predicted octanol–water partition coefficient (Wildman–Crippen LogP) is 14.1. The highest BCUT2D eigenvalue weighted by Crippen LogP contribution is 2.52. The number of benzene rings is 5. The molecule has 346 valence electrons. The SMILES string of the molecule is CCCCC[N+]1=C(/C=C/C2=C(Sc3nnnn3-c3ccccc3)C(=C/C=C3/N(CCCCS(=O)(=O)O)c4ccc5cc(Br)ccc5c4C3(C)C)/CCC2)C(C)(C)c2c1ccc1cc(Br)ccc21. The van der Waals surface area contributed by atoms with Crippen molar-refractivity contribution in [1.29, 1.82) is 0 Å². The molecule has 0 fully saturated rings. The van der Waals surface area contributed by atoms with Crippen molar-refractivity contribution >= 4 is 92.4 Å². The Morgan fingerprint density at radius 2 is 1.52 bits per heavy atom. The Kier molecular flexibility index (Phi) is 13.7. The molecule has 0 radical (unpaired) electrons. The number of hydrogen-bond donors (Lipinski definition) is 1. The van der Waals surface area contributed by atoms with Crippen LogP contribution in [0.2, 0.25) is 0 Å². The summed E-state index contributed by atoms with van der Waals surface area (Å²) >= 11 is 9.02. The second kappa shape index (κ2) is 19.4. The van der Waals surface area contributed by atoms with Gasteiger partial charge < -0.3 is 4.90 Å². The Balaban J connectivity index is 1.17. The van der Waals surface area contributed by atoms with Crippen LogP contribution in [-0.2, 0) is 20.9 Å². The summed E-state index contributed by atoms with van der Waals surface area (Å²) in [5, 5.41) is 18.8. The summed E-state index contributed by atoms with van der Waals surface area (Å²) in [5.41, 5.74) is 10.2. The van der Waals surface area contributed by atoms with Gasteiger partial charge in [0, 0.05) is 61.3 Å². The molecule has 1 aromatic heterocycles. The molecule has 5 aromatic carbocycles. The highest BCUT2D eigenvalue weighted by Gasteiger charge is 2.46. The lowest BCUT2D eigenvalue weighted by molar-refractivity contribution is -0.438. The number of para-hydroxylation sites is 1. The number of halogens is 2. The molecule has 0 saturated heterocycles. The summed E-state index contributed by atoms with van der Waals surface area (Å²) in [6, 6.07) is 32.1. The molecule has 9 rings (SSSR count). The van der Waals surface area contributed by atoms with Crippen molar-refractivity contribution in [3.05, 3.63) is 157 Å². The molecule has 67 heavy (non-hydrogen) atoms. The molecule has 0 amide bonds. The van der Waals surface area contributed by atoms with E-state index in [1.807, 2.05) is 35.0 Å². The molecule has 1 aliphatic carbocycles. The number of hydrogen-bond acceptors (Lipinski definition) is 7. The van der Waals surface area contributed by atoms with Gasteiger partial charge in [-0.2, -0.15) is 17.7 Å². The molecule has 13 heteroatoms. The Labute approximate surface area is 415 Å².